The molecule has 164 valence electrons. The van der Waals surface area contributed by atoms with Crippen LogP contribution in [0.4, 0.5) is 5.13 Å². The summed E-state index contributed by atoms with van der Waals surface area (Å²) < 4.78 is 6.43. The zero-order valence-corrected chi connectivity index (χ0v) is 20.0. The highest BCUT2D eigenvalue weighted by Crippen LogP contribution is 2.31. The van der Waals surface area contributed by atoms with Gasteiger partial charge in [-0.15, -0.1) is 11.8 Å². The van der Waals surface area contributed by atoms with Gasteiger partial charge in [-0.25, -0.2) is 4.98 Å². The SMILES string of the molecule is COc1ccc(SCCCC(=O)N2CCN(c3nc4cc(C)c(C)cc4s3)CC2)cc1. The number of hydrogen-bond donors (Lipinski definition) is 0. The molecule has 1 aliphatic rings. The number of carbonyl (C=O) groups excluding carboxylic acids is 1. The van der Waals surface area contributed by atoms with Crippen molar-refractivity contribution in [2.24, 2.45) is 0 Å². The average molecular weight is 456 g/mol. The van der Waals surface area contributed by atoms with Gasteiger partial charge in [0.2, 0.25) is 5.91 Å². The molecule has 3 aromatic rings. The molecule has 1 amide bonds. The topological polar surface area (TPSA) is 45.7 Å². The summed E-state index contributed by atoms with van der Waals surface area (Å²) in [4.78, 5) is 23.0. The summed E-state index contributed by atoms with van der Waals surface area (Å²) in [6.07, 6.45) is 1.51. The quantitative estimate of drug-likeness (QED) is 0.364. The standard InChI is InChI=1S/C24H29N3O2S2/c1-17-15-21-22(16-18(17)2)31-24(25-21)27-12-10-26(11-13-27)23(28)5-4-14-30-20-8-6-19(29-3)7-9-20/h6-9,15-16H,4-5,10-14H2,1-3H3. The van der Waals surface area contributed by atoms with E-state index in [1.165, 1.54) is 20.7 Å². The van der Waals surface area contributed by atoms with Gasteiger partial charge in [-0.2, -0.15) is 0 Å². The average Bonchev–Trinajstić information content (AvgIpc) is 3.20. The Kier molecular flexibility index (Phi) is 7.02. The van der Waals surface area contributed by atoms with Gasteiger partial charge in [0.15, 0.2) is 5.13 Å². The molecule has 4 rings (SSSR count). The number of aromatic nitrogens is 1. The normalized spacial score (nSPS) is 14.3. The lowest BCUT2D eigenvalue weighted by molar-refractivity contribution is -0.131. The number of thiazole rings is 1. The summed E-state index contributed by atoms with van der Waals surface area (Å²) in [5.41, 5.74) is 3.67. The van der Waals surface area contributed by atoms with Crippen molar-refractivity contribution >= 4 is 44.4 Å². The molecule has 1 aromatic heterocycles. The Bertz CT molecular complexity index is 1000. The molecule has 2 heterocycles. The summed E-state index contributed by atoms with van der Waals surface area (Å²) in [7, 11) is 1.67. The van der Waals surface area contributed by atoms with Crippen molar-refractivity contribution < 1.29 is 9.53 Å². The Morgan fingerprint density at radius 2 is 1.81 bits per heavy atom. The number of amides is 1. The summed E-state index contributed by atoms with van der Waals surface area (Å²) in [5, 5.41) is 1.07. The van der Waals surface area contributed by atoms with Crippen molar-refractivity contribution in [1.29, 1.82) is 0 Å². The number of fused-ring (bicyclic) bond motifs is 1. The first-order valence-corrected chi connectivity index (χ1v) is 12.5. The van der Waals surface area contributed by atoms with Crippen molar-refractivity contribution in [3.63, 3.8) is 0 Å². The number of piperazine rings is 1. The van der Waals surface area contributed by atoms with Crippen LogP contribution in [-0.2, 0) is 4.79 Å². The number of aryl methyl sites for hydroxylation is 2. The number of carbonyl (C=O) groups is 1. The van der Waals surface area contributed by atoms with Crippen LogP contribution in [0.3, 0.4) is 0 Å². The lowest BCUT2D eigenvalue weighted by atomic mass is 10.1. The van der Waals surface area contributed by atoms with Gasteiger partial charge in [-0.3, -0.25) is 4.79 Å². The Balaban J connectivity index is 1.22. The third-order valence-corrected chi connectivity index (χ3v) is 7.94. The van der Waals surface area contributed by atoms with Crippen molar-refractivity contribution in [2.75, 3.05) is 43.9 Å². The molecule has 2 aromatic carbocycles. The summed E-state index contributed by atoms with van der Waals surface area (Å²) >= 11 is 3.54. The maximum Gasteiger partial charge on any atom is 0.222 e. The zero-order valence-electron chi connectivity index (χ0n) is 18.4. The van der Waals surface area contributed by atoms with Gasteiger partial charge in [0.1, 0.15) is 5.75 Å². The molecule has 7 heteroatoms. The third kappa shape index (κ3) is 5.33. The minimum Gasteiger partial charge on any atom is -0.497 e. The minimum absolute atomic E-state index is 0.269. The van der Waals surface area contributed by atoms with E-state index in [0.717, 1.165) is 54.8 Å². The number of anilines is 1. The Hall–Kier alpha value is -2.25. The smallest absolute Gasteiger partial charge is 0.222 e. The monoisotopic (exact) mass is 455 g/mol. The molecule has 0 radical (unpaired) electrons. The van der Waals surface area contributed by atoms with Gasteiger partial charge in [-0.05, 0) is 73.5 Å². The van der Waals surface area contributed by atoms with E-state index in [0.29, 0.717) is 6.42 Å². The number of methoxy groups -OCH3 is 1. The predicted molar refractivity (Wildman–Crippen MR) is 131 cm³/mol. The third-order valence-electron chi connectivity index (χ3n) is 5.76. The van der Waals surface area contributed by atoms with Crippen LogP contribution in [-0.4, -0.2) is 54.8 Å². The number of nitrogens with zero attached hydrogens (tertiary/aromatic N) is 3. The molecule has 1 fully saturated rings. The van der Waals surface area contributed by atoms with Gasteiger partial charge in [0.25, 0.3) is 0 Å². The molecule has 0 aliphatic carbocycles. The lowest BCUT2D eigenvalue weighted by Crippen LogP contribution is -2.48. The van der Waals surface area contributed by atoms with Crippen LogP contribution in [0.15, 0.2) is 41.3 Å². The van der Waals surface area contributed by atoms with Crippen molar-refractivity contribution in [3.8, 4) is 5.75 Å². The van der Waals surface area contributed by atoms with Crippen molar-refractivity contribution in [2.45, 2.75) is 31.6 Å². The number of rotatable bonds is 7. The summed E-state index contributed by atoms with van der Waals surface area (Å²) in [5.74, 6) is 2.09. The fourth-order valence-corrected chi connectivity index (χ4v) is 5.64. The first-order valence-electron chi connectivity index (χ1n) is 10.7. The fourth-order valence-electron chi connectivity index (χ4n) is 3.69. The van der Waals surface area contributed by atoms with Gasteiger partial charge in [-0.1, -0.05) is 11.3 Å². The number of benzene rings is 2. The number of ether oxygens (including phenoxy) is 1. The van der Waals surface area contributed by atoms with Crippen LogP contribution in [0.2, 0.25) is 0 Å². The highest BCUT2D eigenvalue weighted by atomic mass is 32.2. The second kappa shape index (κ2) is 9.92. The minimum atomic E-state index is 0.269. The molecule has 1 aliphatic heterocycles. The Morgan fingerprint density at radius 1 is 1.10 bits per heavy atom. The van der Waals surface area contributed by atoms with Crippen LogP contribution >= 0.6 is 23.1 Å². The van der Waals surface area contributed by atoms with Crippen LogP contribution in [0, 0.1) is 13.8 Å². The lowest BCUT2D eigenvalue weighted by Gasteiger charge is -2.34. The van der Waals surface area contributed by atoms with Crippen LogP contribution in [0.25, 0.3) is 10.2 Å². The summed E-state index contributed by atoms with van der Waals surface area (Å²) in [6.45, 7) is 7.53. The Labute approximate surface area is 192 Å². The zero-order chi connectivity index (χ0) is 21.8. The van der Waals surface area contributed by atoms with E-state index in [1.54, 1.807) is 30.2 Å². The molecule has 0 bridgehead atoms. The molecule has 31 heavy (non-hydrogen) atoms. The van der Waals surface area contributed by atoms with Crippen LogP contribution < -0.4 is 9.64 Å². The van der Waals surface area contributed by atoms with Gasteiger partial charge >= 0.3 is 0 Å². The second-order valence-electron chi connectivity index (χ2n) is 7.90. The Morgan fingerprint density at radius 3 is 2.52 bits per heavy atom. The van der Waals surface area contributed by atoms with E-state index in [4.69, 9.17) is 9.72 Å². The molecule has 0 N–H and O–H groups in total. The molecular formula is C24H29N3O2S2. The molecule has 0 saturated carbocycles. The second-order valence-corrected chi connectivity index (χ2v) is 10.1. The molecule has 0 spiro atoms. The number of thioether (sulfide) groups is 1. The van der Waals surface area contributed by atoms with E-state index in [-0.39, 0.29) is 5.91 Å². The van der Waals surface area contributed by atoms with E-state index in [9.17, 15) is 4.79 Å². The highest BCUT2D eigenvalue weighted by Gasteiger charge is 2.23. The fraction of sp³-hybridized carbons (Fsp3) is 0.417. The van der Waals surface area contributed by atoms with E-state index >= 15 is 0 Å². The van der Waals surface area contributed by atoms with Crippen LogP contribution in [0.5, 0.6) is 5.75 Å². The first-order chi connectivity index (χ1) is 15.0. The molecule has 0 atom stereocenters. The highest BCUT2D eigenvalue weighted by molar-refractivity contribution is 7.99. The molecule has 1 saturated heterocycles. The van der Waals surface area contributed by atoms with E-state index in [1.807, 2.05) is 17.0 Å². The van der Waals surface area contributed by atoms with E-state index < -0.39 is 0 Å². The van der Waals surface area contributed by atoms with Crippen molar-refractivity contribution in [3.05, 3.63) is 47.5 Å². The molecule has 5 nitrogen and oxygen atoms in total. The maximum atomic E-state index is 12.6. The number of hydrogen-bond acceptors (Lipinski definition) is 6. The van der Waals surface area contributed by atoms with Gasteiger partial charge < -0.3 is 14.5 Å². The van der Waals surface area contributed by atoms with Crippen molar-refractivity contribution in [1.82, 2.24) is 9.88 Å². The summed E-state index contributed by atoms with van der Waals surface area (Å²) in [6, 6.07) is 12.5. The predicted octanol–water partition coefficient (Wildman–Crippen LogP) is 5.14. The largest absolute Gasteiger partial charge is 0.497 e. The van der Waals surface area contributed by atoms with Gasteiger partial charge in [0.05, 0.1) is 17.3 Å². The van der Waals surface area contributed by atoms with E-state index in [2.05, 4.69) is 43.0 Å². The first kappa shape index (κ1) is 22.0. The van der Waals surface area contributed by atoms with Gasteiger partial charge in [0, 0.05) is 37.5 Å². The molecular weight excluding hydrogens is 426 g/mol. The van der Waals surface area contributed by atoms with Crippen LogP contribution in [0.1, 0.15) is 24.0 Å². The maximum absolute atomic E-state index is 12.6. The molecule has 0 unspecified atom stereocenters.